The van der Waals surface area contributed by atoms with Crippen LogP contribution in [-0.2, 0) is 4.74 Å². The van der Waals surface area contributed by atoms with E-state index in [1.165, 1.54) is 3.57 Å². The van der Waals surface area contributed by atoms with Gasteiger partial charge in [0.1, 0.15) is 0 Å². The number of aliphatic hydroxyl groups excluding tert-OH is 1. The average Bonchev–Trinajstić information content (AvgIpc) is 2.27. The zero-order valence-electron chi connectivity index (χ0n) is 9.69. The van der Waals surface area contributed by atoms with Crippen LogP contribution < -0.4 is 0 Å². The molecule has 1 rings (SSSR count). The van der Waals surface area contributed by atoms with Gasteiger partial charge in [-0.3, -0.25) is 0 Å². The second kappa shape index (κ2) is 7.21. The quantitative estimate of drug-likeness (QED) is 0.806. The summed E-state index contributed by atoms with van der Waals surface area (Å²) in [5.41, 5.74) is 0.963. The Morgan fingerprint density at radius 3 is 2.56 bits per heavy atom. The lowest BCUT2D eigenvalue weighted by Crippen LogP contribution is -2.27. The Labute approximate surface area is 111 Å². The Bertz CT molecular complexity index is 302. The third-order valence-corrected chi connectivity index (χ3v) is 3.14. The largest absolute Gasteiger partial charge is 0.387 e. The molecule has 0 spiro atoms. The average molecular weight is 335 g/mol. The van der Waals surface area contributed by atoms with Crippen LogP contribution in [0.4, 0.5) is 0 Å². The molecule has 0 saturated heterocycles. The summed E-state index contributed by atoms with van der Waals surface area (Å²) in [7, 11) is 3.67. The van der Waals surface area contributed by atoms with E-state index in [1.54, 1.807) is 7.11 Å². The van der Waals surface area contributed by atoms with Crippen molar-refractivity contribution in [3.8, 4) is 0 Å². The molecule has 0 saturated carbocycles. The van der Waals surface area contributed by atoms with Crippen molar-refractivity contribution in [1.29, 1.82) is 0 Å². The highest BCUT2D eigenvalue weighted by Gasteiger charge is 2.10. The van der Waals surface area contributed by atoms with E-state index >= 15 is 0 Å². The molecule has 1 atom stereocenters. The molecule has 1 aromatic rings. The number of nitrogens with zero attached hydrogens (tertiary/aromatic N) is 1. The number of ether oxygens (including phenoxy) is 1. The highest BCUT2D eigenvalue weighted by molar-refractivity contribution is 14.1. The fourth-order valence-electron chi connectivity index (χ4n) is 1.42. The standard InChI is InChI=1S/C12H18INO2/c1-14(7-8-16-2)9-12(15)10-3-5-11(13)6-4-10/h3-6,12,15H,7-9H2,1-2H3. The lowest BCUT2D eigenvalue weighted by molar-refractivity contribution is 0.103. The number of hydrogen-bond acceptors (Lipinski definition) is 3. The number of likely N-dealkylation sites (N-methyl/N-ethyl adjacent to an activating group) is 1. The first-order chi connectivity index (χ1) is 7.63. The Hall–Kier alpha value is -0.170. The first-order valence-electron chi connectivity index (χ1n) is 5.24. The van der Waals surface area contributed by atoms with E-state index in [4.69, 9.17) is 4.74 Å². The normalized spacial score (nSPS) is 13.1. The molecule has 0 aromatic heterocycles. The summed E-state index contributed by atoms with van der Waals surface area (Å²) in [6.45, 7) is 2.15. The van der Waals surface area contributed by atoms with Crippen LogP contribution in [0.2, 0.25) is 0 Å². The summed E-state index contributed by atoms with van der Waals surface area (Å²) in [5, 5.41) is 10.00. The number of hydrogen-bond donors (Lipinski definition) is 1. The lowest BCUT2D eigenvalue weighted by atomic mass is 10.1. The number of methoxy groups -OCH3 is 1. The predicted octanol–water partition coefficient (Wildman–Crippen LogP) is 1.90. The molecular weight excluding hydrogens is 317 g/mol. The molecule has 0 heterocycles. The smallest absolute Gasteiger partial charge is 0.0916 e. The van der Waals surface area contributed by atoms with Crippen molar-refractivity contribution >= 4 is 22.6 Å². The van der Waals surface area contributed by atoms with Crippen molar-refractivity contribution in [3.05, 3.63) is 33.4 Å². The summed E-state index contributed by atoms with van der Waals surface area (Å²) in [6.07, 6.45) is -0.432. The van der Waals surface area contributed by atoms with Crippen LogP contribution >= 0.6 is 22.6 Å². The van der Waals surface area contributed by atoms with Gasteiger partial charge in [0.2, 0.25) is 0 Å². The molecule has 0 fully saturated rings. The third-order valence-electron chi connectivity index (χ3n) is 2.42. The molecule has 0 aliphatic heterocycles. The highest BCUT2D eigenvalue weighted by atomic mass is 127. The molecule has 0 bridgehead atoms. The predicted molar refractivity (Wildman–Crippen MR) is 73.5 cm³/mol. The van der Waals surface area contributed by atoms with Gasteiger partial charge in [0.15, 0.2) is 0 Å². The number of halogens is 1. The molecule has 90 valence electrons. The second-order valence-electron chi connectivity index (χ2n) is 3.82. The van der Waals surface area contributed by atoms with Crippen molar-refractivity contribution < 1.29 is 9.84 Å². The summed E-state index contributed by atoms with van der Waals surface area (Å²) in [4.78, 5) is 2.06. The van der Waals surface area contributed by atoms with Crippen LogP contribution in [0.15, 0.2) is 24.3 Å². The monoisotopic (exact) mass is 335 g/mol. The Morgan fingerprint density at radius 1 is 1.38 bits per heavy atom. The fourth-order valence-corrected chi connectivity index (χ4v) is 1.78. The van der Waals surface area contributed by atoms with Crippen LogP contribution in [0, 0.1) is 3.57 Å². The maximum Gasteiger partial charge on any atom is 0.0916 e. The third kappa shape index (κ3) is 4.78. The number of benzene rings is 1. The highest BCUT2D eigenvalue weighted by Crippen LogP contribution is 2.15. The molecule has 0 radical (unpaired) electrons. The minimum Gasteiger partial charge on any atom is -0.387 e. The second-order valence-corrected chi connectivity index (χ2v) is 5.07. The van der Waals surface area contributed by atoms with Crippen LogP contribution in [0.3, 0.4) is 0 Å². The summed E-state index contributed by atoms with van der Waals surface area (Å²) in [6, 6.07) is 7.95. The van der Waals surface area contributed by atoms with Crippen LogP contribution in [0.5, 0.6) is 0 Å². The fraction of sp³-hybridized carbons (Fsp3) is 0.500. The van der Waals surface area contributed by atoms with Crippen molar-refractivity contribution in [2.75, 3.05) is 33.9 Å². The van der Waals surface area contributed by atoms with Crippen molar-refractivity contribution in [2.24, 2.45) is 0 Å². The molecular formula is C12H18INO2. The van der Waals surface area contributed by atoms with Gasteiger partial charge in [-0.15, -0.1) is 0 Å². The van der Waals surface area contributed by atoms with Crippen LogP contribution in [0.25, 0.3) is 0 Å². The van der Waals surface area contributed by atoms with E-state index in [9.17, 15) is 5.11 Å². The van der Waals surface area contributed by atoms with Crippen molar-refractivity contribution in [2.45, 2.75) is 6.10 Å². The minimum atomic E-state index is -0.432. The molecule has 4 heteroatoms. The summed E-state index contributed by atoms with van der Waals surface area (Å²) < 4.78 is 6.17. The molecule has 1 N–H and O–H groups in total. The van der Waals surface area contributed by atoms with Crippen LogP contribution in [0.1, 0.15) is 11.7 Å². The van der Waals surface area contributed by atoms with Crippen molar-refractivity contribution in [3.63, 3.8) is 0 Å². The Balaban J connectivity index is 2.45. The first-order valence-corrected chi connectivity index (χ1v) is 6.32. The molecule has 16 heavy (non-hydrogen) atoms. The van der Waals surface area contributed by atoms with Gasteiger partial charge in [-0.1, -0.05) is 12.1 Å². The van der Waals surface area contributed by atoms with E-state index in [-0.39, 0.29) is 0 Å². The van der Waals surface area contributed by atoms with Gasteiger partial charge in [0.05, 0.1) is 12.7 Å². The van der Waals surface area contributed by atoms with Gasteiger partial charge >= 0.3 is 0 Å². The lowest BCUT2D eigenvalue weighted by Gasteiger charge is -2.20. The van der Waals surface area contributed by atoms with Gasteiger partial charge in [0.25, 0.3) is 0 Å². The maximum atomic E-state index is 10.00. The van der Waals surface area contributed by atoms with E-state index in [2.05, 4.69) is 27.5 Å². The van der Waals surface area contributed by atoms with E-state index < -0.39 is 6.10 Å². The Kier molecular flexibility index (Phi) is 6.26. The van der Waals surface area contributed by atoms with E-state index in [0.29, 0.717) is 13.2 Å². The molecule has 1 aromatic carbocycles. The van der Waals surface area contributed by atoms with E-state index in [0.717, 1.165) is 12.1 Å². The maximum absolute atomic E-state index is 10.00. The number of rotatable bonds is 6. The van der Waals surface area contributed by atoms with Crippen LogP contribution in [-0.4, -0.2) is 43.9 Å². The number of aliphatic hydroxyl groups is 1. The Morgan fingerprint density at radius 2 is 2.00 bits per heavy atom. The molecule has 0 amide bonds. The first kappa shape index (κ1) is 13.9. The molecule has 0 aliphatic rings. The summed E-state index contributed by atoms with van der Waals surface area (Å²) >= 11 is 2.26. The molecule has 3 nitrogen and oxygen atoms in total. The SMILES string of the molecule is COCCN(C)CC(O)c1ccc(I)cc1. The minimum absolute atomic E-state index is 0.432. The van der Waals surface area contributed by atoms with Gasteiger partial charge in [-0.05, 0) is 47.3 Å². The van der Waals surface area contributed by atoms with Gasteiger partial charge in [-0.25, -0.2) is 0 Å². The van der Waals surface area contributed by atoms with Gasteiger partial charge in [0, 0.05) is 23.8 Å². The molecule has 0 aliphatic carbocycles. The summed E-state index contributed by atoms with van der Waals surface area (Å²) in [5.74, 6) is 0. The van der Waals surface area contributed by atoms with E-state index in [1.807, 2.05) is 31.3 Å². The molecule has 1 unspecified atom stereocenters. The van der Waals surface area contributed by atoms with Gasteiger partial charge < -0.3 is 14.7 Å². The zero-order chi connectivity index (χ0) is 12.0. The zero-order valence-corrected chi connectivity index (χ0v) is 11.8. The van der Waals surface area contributed by atoms with Crippen molar-refractivity contribution in [1.82, 2.24) is 4.90 Å². The topological polar surface area (TPSA) is 32.7 Å². The van der Waals surface area contributed by atoms with Gasteiger partial charge in [-0.2, -0.15) is 0 Å².